The van der Waals surface area contributed by atoms with Crippen LogP contribution in [0.15, 0.2) is 36.5 Å². The number of nitrogens with zero attached hydrogens (tertiary/aromatic N) is 1. The first-order chi connectivity index (χ1) is 7.38. The normalized spacial score (nSPS) is 9.13. The maximum Gasteiger partial charge on any atom is 0.118 e. The van der Waals surface area contributed by atoms with Crippen LogP contribution in [0.2, 0.25) is 0 Å². The molecule has 1 aromatic carbocycles. The molecule has 0 fully saturated rings. The van der Waals surface area contributed by atoms with Crippen molar-refractivity contribution in [2.24, 2.45) is 0 Å². The summed E-state index contributed by atoms with van der Waals surface area (Å²) in [6, 6.07) is 9.44. The van der Waals surface area contributed by atoms with Gasteiger partial charge in [-0.2, -0.15) is 5.10 Å². The standard InChI is InChI=1S/C12H10N2O/c1-15-12-6-3-10(4-7-12)2-5-11-8-9-13-14-11/h3-4,6-9H,1H3,(H,13,14). The minimum absolute atomic E-state index is 0.811. The Morgan fingerprint density at radius 3 is 2.53 bits per heavy atom. The molecule has 74 valence electrons. The van der Waals surface area contributed by atoms with Crippen LogP contribution in [0.5, 0.6) is 5.75 Å². The van der Waals surface area contributed by atoms with E-state index in [1.165, 1.54) is 0 Å². The Labute approximate surface area is 88.1 Å². The number of methoxy groups -OCH3 is 1. The molecule has 0 radical (unpaired) electrons. The third kappa shape index (κ3) is 2.38. The second kappa shape index (κ2) is 4.34. The van der Waals surface area contributed by atoms with Gasteiger partial charge in [0, 0.05) is 11.8 Å². The van der Waals surface area contributed by atoms with Crippen molar-refractivity contribution in [1.29, 1.82) is 0 Å². The molecule has 0 saturated carbocycles. The molecule has 0 bridgehead atoms. The lowest BCUT2D eigenvalue weighted by Crippen LogP contribution is -1.82. The van der Waals surface area contributed by atoms with E-state index in [4.69, 9.17) is 4.74 Å². The van der Waals surface area contributed by atoms with Crippen LogP contribution in [-0.2, 0) is 0 Å². The van der Waals surface area contributed by atoms with Gasteiger partial charge >= 0.3 is 0 Å². The Balaban J connectivity index is 2.17. The van der Waals surface area contributed by atoms with E-state index in [9.17, 15) is 0 Å². The summed E-state index contributed by atoms with van der Waals surface area (Å²) in [5.74, 6) is 6.83. The minimum Gasteiger partial charge on any atom is -0.497 e. The van der Waals surface area contributed by atoms with Gasteiger partial charge in [0.2, 0.25) is 0 Å². The number of H-pyrrole nitrogens is 1. The van der Waals surface area contributed by atoms with E-state index in [-0.39, 0.29) is 0 Å². The van der Waals surface area contributed by atoms with Crippen LogP contribution in [0.25, 0.3) is 0 Å². The number of hydrogen-bond acceptors (Lipinski definition) is 2. The van der Waals surface area contributed by atoms with Gasteiger partial charge in [-0.3, -0.25) is 5.10 Å². The van der Waals surface area contributed by atoms with Crippen molar-refractivity contribution in [2.45, 2.75) is 0 Å². The average Bonchev–Trinajstić information content (AvgIpc) is 2.80. The summed E-state index contributed by atoms with van der Waals surface area (Å²) in [5, 5.41) is 6.60. The molecule has 0 saturated heterocycles. The molecule has 0 aliphatic carbocycles. The second-order valence-electron chi connectivity index (χ2n) is 2.95. The molecule has 15 heavy (non-hydrogen) atoms. The number of hydrogen-bond donors (Lipinski definition) is 1. The summed E-state index contributed by atoms with van der Waals surface area (Å²) in [4.78, 5) is 0. The van der Waals surface area contributed by atoms with Gasteiger partial charge < -0.3 is 4.74 Å². The molecule has 0 aliphatic heterocycles. The first-order valence-corrected chi connectivity index (χ1v) is 4.54. The van der Waals surface area contributed by atoms with E-state index in [0.717, 1.165) is 17.0 Å². The van der Waals surface area contributed by atoms with Gasteiger partial charge in [-0.25, -0.2) is 0 Å². The third-order valence-corrected chi connectivity index (χ3v) is 1.93. The van der Waals surface area contributed by atoms with Gasteiger partial charge in [0.05, 0.1) is 7.11 Å². The summed E-state index contributed by atoms with van der Waals surface area (Å²) in [5.41, 5.74) is 1.76. The van der Waals surface area contributed by atoms with Crippen molar-refractivity contribution in [3.05, 3.63) is 47.8 Å². The second-order valence-corrected chi connectivity index (χ2v) is 2.95. The molecule has 0 atom stereocenters. The van der Waals surface area contributed by atoms with Gasteiger partial charge in [0.25, 0.3) is 0 Å². The molecule has 0 spiro atoms. The van der Waals surface area contributed by atoms with Gasteiger partial charge in [0.15, 0.2) is 0 Å². The molecule has 3 nitrogen and oxygen atoms in total. The van der Waals surface area contributed by atoms with Crippen LogP contribution >= 0.6 is 0 Å². The van der Waals surface area contributed by atoms with E-state index in [1.807, 2.05) is 30.3 Å². The Bertz CT molecular complexity index is 475. The highest BCUT2D eigenvalue weighted by Gasteiger charge is 1.90. The van der Waals surface area contributed by atoms with Crippen molar-refractivity contribution in [2.75, 3.05) is 7.11 Å². The van der Waals surface area contributed by atoms with Crippen LogP contribution in [-0.4, -0.2) is 17.3 Å². The molecular formula is C12H10N2O. The van der Waals surface area contributed by atoms with Crippen LogP contribution in [0, 0.1) is 11.8 Å². The highest BCUT2D eigenvalue weighted by Crippen LogP contribution is 2.10. The summed E-state index contributed by atoms with van der Waals surface area (Å²) in [6.07, 6.45) is 1.68. The SMILES string of the molecule is COc1ccc(C#Cc2ccn[nH]2)cc1. The number of nitrogens with one attached hydrogen (secondary N) is 1. The smallest absolute Gasteiger partial charge is 0.118 e. The first-order valence-electron chi connectivity index (χ1n) is 4.54. The van der Waals surface area contributed by atoms with Crippen molar-refractivity contribution in [1.82, 2.24) is 10.2 Å². The zero-order chi connectivity index (χ0) is 10.5. The fourth-order valence-corrected chi connectivity index (χ4v) is 1.14. The van der Waals surface area contributed by atoms with E-state index in [0.29, 0.717) is 0 Å². The highest BCUT2D eigenvalue weighted by atomic mass is 16.5. The monoisotopic (exact) mass is 198 g/mol. The zero-order valence-corrected chi connectivity index (χ0v) is 8.32. The van der Waals surface area contributed by atoms with Gasteiger partial charge in [0.1, 0.15) is 11.4 Å². The Morgan fingerprint density at radius 1 is 1.13 bits per heavy atom. The summed E-state index contributed by atoms with van der Waals surface area (Å²) >= 11 is 0. The fraction of sp³-hybridized carbons (Fsp3) is 0.0833. The number of ether oxygens (including phenoxy) is 1. The molecule has 1 aromatic heterocycles. The van der Waals surface area contributed by atoms with Crippen molar-refractivity contribution in [3.8, 4) is 17.6 Å². The van der Waals surface area contributed by atoms with Gasteiger partial charge in [-0.05, 0) is 36.3 Å². The van der Waals surface area contributed by atoms with Crippen LogP contribution in [0.1, 0.15) is 11.3 Å². The van der Waals surface area contributed by atoms with Crippen molar-refractivity contribution >= 4 is 0 Å². The average molecular weight is 198 g/mol. The third-order valence-electron chi connectivity index (χ3n) is 1.93. The molecule has 1 N–H and O–H groups in total. The summed E-state index contributed by atoms with van der Waals surface area (Å²) in [6.45, 7) is 0. The molecule has 2 rings (SSSR count). The lowest BCUT2D eigenvalue weighted by Gasteiger charge is -1.97. The number of aromatic nitrogens is 2. The predicted molar refractivity (Wildman–Crippen MR) is 57.6 cm³/mol. The maximum atomic E-state index is 5.06. The van der Waals surface area contributed by atoms with Crippen molar-refractivity contribution < 1.29 is 4.74 Å². The number of rotatable bonds is 1. The zero-order valence-electron chi connectivity index (χ0n) is 8.32. The highest BCUT2D eigenvalue weighted by molar-refractivity contribution is 5.41. The minimum atomic E-state index is 0.811. The van der Waals surface area contributed by atoms with E-state index in [2.05, 4.69) is 22.0 Å². The Morgan fingerprint density at radius 2 is 1.93 bits per heavy atom. The quantitative estimate of drug-likeness (QED) is 0.710. The van der Waals surface area contributed by atoms with Crippen LogP contribution in [0.3, 0.4) is 0 Å². The molecule has 1 heterocycles. The molecule has 0 amide bonds. The molecule has 0 unspecified atom stereocenters. The van der Waals surface area contributed by atoms with E-state index >= 15 is 0 Å². The molecular weight excluding hydrogens is 188 g/mol. The Hall–Kier alpha value is -2.21. The number of benzene rings is 1. The molecule has 2 aromatic rings. The lowest BCUT2D eigenvalue weighted by atomic mass is 10.2. The number of aromatic amines is 1. The van der Waals surface area contributed by atoms with Crippen LogP contribution < -0.4 is 4.74 Å². The largest absolute Gasteiger partial charge is 0.497 e. The topological polar surface area (TPSA) is 37.9 Å². The molecule has 3 heteroatoms. The molecule has 0 aliphatic rings. The summed E-state index contributed by atoms with van der Waals surface area (Å²) < 4.78 is 5.06. The van der Waals surface area contributed by atoms with Crippen LogP contribution in [0.4, 0.5) is 0 Å². The van der Waals surface area contributed by atoms with Crippen molar-refractivity contribution in [3.63, 3.8) is 0 Å². The van der Waals surface area contributed by atoms with E-state index in [1.54, 1.807) is 13.3 Å². The van der Waals surface area contributed by atoms with E-state index < -0.39 is 0 Å². The Kier molecular flexibility index (Phi) is 2.70. The first kappa shape index (κ1) is 9.35. The predicted octanol–water partition coefficient (Wildman–Crippen LogP) is 1.82. The maximum absolute atomic E-state index is 5.06. The summed E-state index contributed by atoms with van der Waals surface area (Å²) in [7, 11) is 1.64. The fourth-order valence-electron chi connectivity index (χ4n) is 1.14. The van der Waals surface area contributed by atoms with Gasteiger partial charge in [-0.1, -0.05) is 5.92 Å². The van der Waals surface area contributed by atoms with Gasteiger partial charge in [-0.15, -0.1) is 0 Å². The lowest BCUT2D eigenvalue weighted by molar-refractivity contribution is 0.415.